The molecule has 0 bridgehead atoms. The largest absolute Gasteiger partial charge is 0.398 e. The van der Waals surface area contributed by atoms with E-state index in [2.05, 4.69) is 10.3 Å². The Bertz CT molecular complexity index is 366. The van der Waals surface area contributed by atoms with Gasteiger partial charge in [0.2, 0.25) is 0 Å². The molecule has 16 heavy (non-hydrogen) atoms. The monoisotopic (exact) mass is 217 g/mol. The molecule has 3 nitrogen and oxygen atoms in total. The molecule has 0 saturated carbocycles. The summed E-state index contributed by atoms with van der Waals surface area (Å²) in [5.41, 5.74) is 7.74. The molecule has 0 aliphatic heterocycles. The molecule has 0 radical (unpaired) electrons. The lowest BCUT2D eigenvalue weighted by Gasteiger charge is -2.05. The van der Waals surface area contributed by atoms with Crippen molar-refractivity contribution in [1.82, 2.24) is 5.32 Å². The molecule has 0 aromatic heterocycles. The molecule has 3 heteroatoms. The van der Waals surface area contributed by atoms with Crippen molar-refractivity contribution < 1.29 is 0 Å². The summed E-state index contributed by atoms with van der Waals surface area (Å²) >= 11 is 0. The van der Waals surface area contributed by atoms with Crippen LogP contribution in [0.15, 0.2) is 41.4 Å². The third-order valence-corrected chi connectivity index (χ3v) is 2.09. The highest BCUT2D eigenvalue weighted by atomic mass is 15.0. The molecule has 0 aliphatic carbocycles. The van der Waals surface area contributed by atoms with Gasteiger partial charge in [0.15, 0.2) is 0 Å². The molecule has 1 aromatic carbocycles. The number of likely N-dealkylation sites (N-methyl/N-ethyl adjacent to an activating group) is 1. The van der Waals surface area contributed by atoms with E-state index in [9.17, 15) is 0 Å². The quantitative estimate of drug-likeness (QED) is 0.599. The molecule has 1 rings (SSSR count). The lowest BCUT2D eigenvalue weighted by molar-refractivity contribution is 0.953. The number of nitrogens with zero attached hydrogens (tertiary/aromatic N) is 1. The minimum Gasteiger partial charge on any atom is -0.398 e. The van der Waals surface area contributed by atoms with Crippen LogP contribution in [0.2, 0.25) is 0 Å². The topological polar surface area (TPSA) is 50.4 Å². The van der Waals surface area contributed by atoms with Crippen LogP contribution in [0.1, 0.15) is 19.4 Å². The van der Waals surface area contributed by atoms with Gasteiger partial charge in [-0.05, 0) is 19.4 Å². The zero-order valence-corrected chi connectivity index (χ0v) is 9.90. The number of nitrogens with two attached hydrogens (primary N) is 1. The van der Waals surface area contributed by atoms with Crippen LogP contribution < -0.4 is 11.1 Å². The Labute approximate surface area is 97.1 Å². The molecule has 0 unspecified atom stereocenters. The van der Waals surface area contributed by atoms with Gasteiger partial charge >= 0.3 is 0 Å². The van der Waals surface area contributed by atoms with E-state index >= 15 is 0 Å². The van der Waals surface area contributed by atoms with Gasteiger partial charge in [0.25, 0.3) is 0 Å². The number of hydrogen-bond acceptors (Lipinski definition) is 2. The number of rotatable bonds is 4. The predicted octanol–water partition coefficient (Wildman–Crippen LogP) is 2.01. The van der Waals surface area contributed by atoms with E-state index in [0.717, 1.165) is 30.2 Å². The first-order chi connectivity index (χ1) is 7.77. The lowest BCUT2D eigenvalue weighted by atomic mass is 10.1. The average molecular weight is 217 g/mol. The van der Waals surface area contributed by atoms with Gasteiger partial charge in [0, 0.05) is 24.9 Å². The van der Waals surface area contributed by atoms with Crippen molar-refractivity contribution in [2.75, 3.05) is 13.1 Å². The number of nitrogens with one attached hydrogen (secondary N) is 1. The Hall–Kier alpha value is -1.77. The van der Waals surface area contributed by atoms with Crippen LogP contribution in [0.3, 0.4) is 0 Å². The third-order valence-electron chi connectivity index (χ3n) is 2.09. The van der Waals surface area contributed by atoms with Crippen molar-refractivity contribution >= 4 is 11.5 Å². The Morgan fingerprint density at radius 3 is 2.56 bits per heavy atom. The minimum atomic E-state index is 0.730. The molecule has 1 aromatic rings. The second-order valence-corrected chi connectivity index (χ2v) is 3.36. The molecule has 0 heterocycles. The van der Waals surface area contributed by atoms with Crippen LogP contribution >= 0.6 is 0 Å². The van der Waals surface area contributed by atoms with Crippen molar-refractivity contribution in [1.29, 1.82) is 0 Å². The van der Waals surface area contributed by atoms with Gasteiger partial charge in [-0.2, -0.15) is 0 Å². The van der Waals surface area contributed by atoms with Crippen molar-refractivity contribution in [3.8, 4) is 0 Å². The molecule has 0 spiro atoms. The molecular formula is C13H19N3. The van der Waals surface area contributed by atoms with E-state index in [-0.39, 0.29) is 0 Å². The maximum absolute atomic E-state index is 6.00. The smallest absolute Gasteiger partial charge is 0.122 e. The summed E-state index contributed by atoms with van der Waals surface area (Å²) in [5, 5.41) is 3.18. The summed E-state index contributed by atoms with van der Waals surface area (Å²) < 4.78 is 0. The summed E-state index contributed by atoms with van der Waals surface area (Å²) in [6, 6.07) is 9.89. The Balaban J connectivity index is 2.86. The van der Waals surface area contributed by atoms with Crippen LogP contribution in [-0.2, 0) is 0 Å². The van der Waals surface area contributed by atoms with Gasteiger partial charge < -0.3 is 11.1 Å². The van der Waals surface area contributed by atoms with E-state index in [1.54, 1.807) is 0 Å². The fourth-order valence-electron chi connectivity index (χ4n) is 1.37. The van der Waals surface area contributed by atoms with E-state index in [1.807, 2.05) is 50.3 Å². The zero-order chi connectivity index (χ0) is 11.8. The van der Waals surface area contributed by atoms with Crippen molar-refractivity contribution in [2.24, 2.45) is 10.7 Å². The van der Waals surface area contributed by atoms with E-state index in [4.69, 9.17) is 5.73 Å². The highest BCUT2D eigenvalue weighted by Crippen LogP contribution is 2.07. The van der Waals surface area contributed by atoms with E-state index in [1.165, 1.54) is 0 Å². The lowest BCUT2D eigenvalue weighted by Crippen LogP contribution is -2.22. The number of aliphatic imine (C=N–C) groups is 1. The summed E-state index contributed by atoms with van der Waals surface area (Å²) in [6.07, 6.45) is 1.88. The van der Waals surface area contributed by atoms with Crippen molar-refractivity contribution in [3.05, 3.63) is 42.0 Å². The normalized spacial score (nSPS) is 12.6. The standard InChI is InChI=1S/C13H19N3/c1-3-15-13(16-4-2)10-12(14)11-8-6-5-7-9-11/h5-10H,3-4,14H2,1-2H3,(H,15,16). The minimum absolute atomic E-state index is 0.730. The zero-order valence-electron chi connectivity index (χ0n) is 9.90. The molecule has 3 N–H and O–H groups in total. The first-order valence-electron chi connectivity index (χ1n) is 5.58. The highest BCUT2D eigenvalue weighted by Gasteiger charge is 1.97. The van der Waals surface area contributed by atoms with Gasteiger partial charge in [-0.3, -0.25) is 4.99 Å². The van der Waals surface area contributed by atoms with Gasteiger partial charge in [0.1, 0.15) is 5.84 Å². The van der Waals surface area contributed by atoms with E-state index < -0.39 is 0 Å². The highest BCUT2D eigenvalue weighted by molar-refractivity contribution is 5.98. The molecule has 0 saturated heterocycles. The molecule has 0 atom stereocenters. The Morgan fingerprint density at radius 2 is 2.00 bits per heavy atom. The maximum Gasteiger partial charge on any atom is 0.122 e. The fraction of sp³-hybridized carbons (Fsp3) is 0.308. The summed E-state index contributed by atoms with van der Waals surface area (Å²) in [7, 11) is 0. The summed E-state index contributed by atoms with van der Waals surface area (Å²) in [6.45, 7) is 5.64. The summed E-state index contributed by atoms with van der Waals surface area (Å²) in [4.78, 5) is 4.33. The van der Waals surface area contributed by atoms with Crippen LogP contribution in [0.4, 0.5) is 0 Å². The summed E-state index contributed by atoms with van der Waals surface area (Å²) in [5.74, 6) is 0.839. The molecular weight excluding hydrogens is 198 g/mol. The van der Waals surface area contributed by atoms with Crippen LogP contribution in [-0.4, -0.2) is 18.9 Å². The van der Waals surface area contributed by atoms with Crippen LogP contribution in [0, 0.1) is 0 Å². The van der Waals surface area contributed by atoms with Gasteiger partial charge in [-0.1, -0.05) is 30.3 Å². The molecule has 86 valence electrons. The second kappa shape index (κ2) is 6.67. The second-order valence-electron chi connectivity index (χ2n) is 3.36. The molecule has 0 fully saturated rings. The Morgan fingerprint density at radius 1 is 1.31 bits per heavy atom. The first kappa shape index (κ1) is 12.3. The van der Waals surface area contributed by atoms with E-state index in [0.29, 0.717) is 0 Å². The number of benzene rings is 1. The average Bonchev–Trinajstić information content (AvgIpc) is 2.31. The SMILES string of the molecule is CCN=C(C=C(N)c1ccccc1)NCC. The number of hydrogen-bond donors (Lipinski definition) is 2. The molecule has 0 amide bonds. The van der Waals surface area contributed by atoms with Gasteiger partial charge in [-0.25, -0.2) is 0 Å². The predicted molar refractivity (Wildman–Crippen MR) is 70.3 cm³/mol. The van der Waals surface area contributed by atoms with Crippen LogP contribution in [0.5, 0.6) is 0 Å². The van der Waals surface area contributed by atoms with Crippen molar-refractivity contribution in [2.45, 2.75) is 13.8 Å². The van der Waals surface area contributed by atoms with Crippen molar-refractivity contribution in [3.63, 3.8) is 0 Å². The van der Waals surface area contributed by atoms with Gasteiger partial charge in [-0.15, -0.1) is 0 Å². The maximum atomic E-state index is 6.00. The van der Waals surface area contributed by atoms with Gasteiger partial charge in [0.05, 0.1) is 0 Å². The first-order valence-corrected chi connectivity index (χ1v) is 5.58. The third kappa shape index (κ3) is 3.77. The Kier molecular flexibility index (Phi) is 5.12. The molecule has 0 aliphatic rings. The van der Waals surface area contributed by atoms with Crippen LogP contribution in [0.25, 0.3) is 5.70 Å². The number of amidine groups is 1. The fourth-order valence-corrected chi connectivity index (χ4v) is 1.37.